The van der Waals surface area contributed by atoms with Crippen LogP contribution < -0.4 is 16.4 Å². The lowest BCUT2D eigenvalue weighted by Crippen LogP contribution is -2.34. The molecular weight excluding hydrogens is 316 g/mol. The molecule has 2 unspecified atom stereocenters. The molecule has 2 atom stereocenters. The third-order valence-corrected chi connectivity index (χ3v) is 4.87. The number of nitrogens with two attached hydrogens (primary N) is 1. The van der Waals surface area contributed by atoms with Gasteiger partial charge in [-0.15, -0.1) is 0 Å². The van der Waals surface area contributed by atoms with Crippen molar-refractivity contribution in [3.05, 3.63) is 29.8 Å². The van der Waals surface area contributed by atoms with Gasteiger partial charge in [0.2, 0.25) is 5.91 Å². The number of benzene rings is 1. The Morgan fingerprint density at radius 1 is 1.16 bits per heavy atom. The van der Waals surface area contributed by atoms with E-state index in [0.717, 1.165) is 38.9 Å². The van der Waals surface area contributed by atoms with Crippen molar-refractivity contribution in [3.8, 4) is 0 Å². The molecule has 6 nitrogen and oxygen atoms in total. The largest absolute Gasteiger partial charge is 0.351 e. The molecule has 4 N–H and O–H groups in total. The summed E-state index contributed by atoms with van der Waals surface area (Å²) in [5.74, 6) is -0.0748. The number of likely N-dealkylation sites (N-methyl/N-ethyl adjacent to an activating group) is 1. The van der Waals surface area contributed by atoms with Crippen molar-refractivity contribution in [1.29, 1.82) is 0 Å². The Bertz CT molecular complexity index is 569. The number of hydrogen-bond donors (Lipinski definition) is 3. The molecule has 0 aromatic heterocycles. The molecule has 25 heavy (non-hydrogen) atoms. The van der Waals surface area contributed by atoms with Crippen LogP contribution in [0, 0.1) is 5.92 Å². The molecule has 2 amide bonds. The molecule has 0 spiro atoms. The van der Waals surface area contributed by atoms with Gasteiger partial charge in [0.05, 0.1) is 0 Å². The van der Waals surface area contributed by atoms with E-state index < -0.39 is 0 Å². The predicted octanol–water partition coefficient (Wildman–Crippen LogP) is 1.82. The van der Waals surface area contributed by atoms with Gasteiger partial charge in [-0.1, -0.05) is 13.8 Å². The third-order valence-electron chi connectivity index (χ3n) is 4.87. The van der Waals surface area contributed by atoms with E-state index >= 15 is 0 Å². The summed E-state index contributed by atoms with van der Waals surface area (Å²) in [6, 6.07) is 7.15. The number of carbonyl (C=O) groups excluding carboxylic acids is 2. The van der Waals surface area contributed by atoms with Crippen LogP contribution >= 0.6 is 0 Å². The van der Waals surface area contributed by atoms with E-state index in [1.807, 2.05) is 0 Å². The van der Waals surface area contributed by atoms with Gasteiger partial charge < -0.3 is 21.3 Å². The summed E-state index contributed by atoms with van der Waals surface area (Å²) in [6.45, 7) is 7.64. The van der Waals surface area contributed by atoms with E-state index in [1.165, 1.54) is 0 Å². The molecule has 0 radical (unpaired) electrons. The molecule has 1 aliphatic rings. The normalized spacial score (nSPS) is 19.8. The lowest BCUT2D eigenvalue weighted by atomic mass is 10.1. The first-order valence-corrected chi connectivity index (χ1v) is 9.20. The Balaban J connectivity index is 1.80. The standard InChI is InChI=1S/C19H30N4O2/c1-3-23(4-2)12-11-21-18(24)14-6-9-17(10-7-14)22-19(25)15-5-8-16(20)13-15/h6-7,9-10,15-16H,3-5,8,11-13,20H2,1-2H3,(H,21,24)(H,22,25). The van der Waals surface area contributed by atoms with E-state index in [-0.39, 0.29) is 23.8 Å². The third kappa shape index (κ3) is 5.83. The molecule has 2 rings (SSSR count). The van der Waals surface area contributed by atoms with Crippen LogP contribution in [0.4, 0.5) is 5.69 Å². The minimum Gasteiger partial charge on any atom is -0.351 e. The van der Waals surface area contributed by atoms with Crippen LogP contribution in [-0.2, 0) is 4.79 Å². The van der Waals surface area contributed by atoms with E-state index in [9.17, 15) is 9.59 Å². The van der Waals surface area contributed by atoms with Gasteiger partial charge in [0.15, 0.2) is 0 Å². The van der Waals surface area contributed by atoms with Crippen molar-refractivity contribution in [2.75, 3.05) is 31.5 Å². The molecular formula is C19H30N4O2. The zero-order valence-corrected chi connectivity index (χ0v) is 15.3. The molecule has 0 bridgehead atoms. The highest BCUT2D eigenvalue weighted by molar-refractivity contribution is 5.96. The number of carbonyl (C=O) groups is 2. The van der Waals surface area contributed by atoms with Crippen LogP contribution in [0.25, 0.3) is 0 Å². The predicted molar refractivity (Wildman–Crippen MR) is 101 cm³/mol. The Morgan fingerprint density at radius 2 is 1.84 bits per heavy atom. The smallest absolute Gasteiger partial charge is 0.251 e. The number of anilines is 1. The maximum absolute atomic E-state index is 12.2. The van der Waals surface area contributed by atoms with Crippen LogP contribution in [0.2, 0.25) is 0 Å². The van der Waals surface area contributed by atoms with Crippen molar-refractivity contribution >= 4 is 17.5 Å². The van der Waals surface area contributed by atoms with Crippen LogP contribution in [0.15, 0.2) is 24.3 Å². The zero-order chi connectivity index (χ0) is 18.2. The number of nitrogens with zero attached hydrogens (tertiary/aromatic N) is 1. The Morgan fingerprint density at radius 3 is 2.40 bits per heavy atom. The highest BCUT2D eigenvalue weighted by atomic mass is 16.2. The monoisotopic (exact) mass is 346 g/mol. The van der Waals surface area contributed by atoms with Gasteiger partial charge in [-0.2, -0.15) is 0 Å². The van der Waals surface area contributed by atoms with Gasteiger partial charge in [0, 0.05) is 36.3 Å². The molecule has 1 saturated carbocycles. The molecule has 1 aromatic carbocycles. The maximum atomic E-state index is 12.2. The summed E-state index contributed by atoms with van der Waals surface area (Å²) in [5.41, 5.74) is 7.17. The molecule has 1 aliphatic carbocycles. The Kier molecular flexibility index (Phi) is 7.40. The van der Waals surface area contributed by atoms with Gasteiger partial charge in [0.25, 0.3) is 5.91 Å². The van der Waals surface area contributed by atoms with Gasteiger partial charge >= 0.3 is 0 Å². The summed E-state index contributed by atoms with van der Waals surface area (Å²) < 4.78 is 0. The average molecular weight is 346 g/mol. The maximum Gasteiger partial charge on any atom is 0.251 e. The first kappa shape index (κ1) is 19.4. The topological polar surface area (TPSA) is 87.5 Å². The van der Waals surface area contributed by atoms with E-state index in [1.54, 1.807) is 24.3 Å². The number of amides is 2. The summed E-state index contributed by atoms with van der Waals surface area (Å²) >= 11 is 0. The zero-order valence-electron chi connectivity index (χ0n) is 15.3. The summed E-state index contributed by atoms with van der Waals surface area (Å²) in [4.78, 5) is 26.6. The van der Waals surface area contributed by atoms with E-state index in [0.29, 0.717) is 17.8 Å². The molecule has 1 aromatic rings. The lowest BCUT2D eigenvalue weighted by Gasteiger charge is -2.18. The second-order valence-electron chi connectivity index (χ2n) is 6.62. The van der Waals surface area contributed by atoms with Gasteiger partial charge in [-0.25, -0.2) is 0 Å². The average Bonchev–Trinajstić information content (AvgIpc) is 3.06. The number of rotatable bonds is 8. The molecule has 138 valence electrons. The minimum absolute atomic E-state index is 0.00180. The Labute approximate surface area is 150 Å². The van der Waals surface area contributed by atoms with Crippen molar-refractivity contribution in [2.24, 2.45) is 11.7 Å². The van der Waals surface area contributed by atoms with Crippen molar-refractivity contribution in [3.63, 3.8) is 0 Å². The van der Waals surface area contributed by atoms with Gasteiger partial charge in [-0.05, 0) is 56.6 Å². The summed E-state index contributed by atoms with van der Waals surface area (Å²) in [6.07, 6.45) is 2.50. The molecule has 0 saturated heterocycles. The van der Waals surface area contributed by atoms with Crippen molar-refractivity contribution < 1.29 is 9.59 Å². The summed E-state index contributed by atoms with van der Waals surface area (Å²) in [7, 11) is 0. The number of nitrogens with one attached hydrogen (secondary N) is 2. The van der Waals surface area contributed by atoms with Crippen LogP contribution in [0.5, 0.6) is 0 Å². The fourth-order valence-corrected chi connectivity index (χ4v) is 3.17. The fourth-order valence-electron chi connectivity index (χ4n) is 3.17. The molecule has 0 heterocycles. The quantitative estimate of drug-likeness (QED) is 0.670. The Hall–Kier alpha value is -1.92. The second-order valence-corrected chi connectivity index (χ2v) is 6.62. The van der Waals surface area contributed by atoms with Crippen molar-refractivity contribution in [1.82, 2.24) is 10.2 Å². The first-order chi connectivity index (χ1) is 12.0. The minimum atomic E-state index is -0.0909. The van der Waals surface area contributed by atoms with E-state index in [2.05, 4.69) is 29.4 Å². The first-order valence-electron chi connectivity index (χ1n) is 9.20. The fraction of sp³-hybridized carbons (Fsp3) is 0.579. The van der Waals surface area contributed by atoms with Crippen LogP contribution in [0.3, 0.4) is 0 Å². The number of hydrogen-bond acceptors (Lipinski definition) is 4. The molecule has 6 heteroatoms. The second kappa shape index (κ2) is 9.53. The highest BCUT2D eigenvalue weighted by Gasteiger charge is 2.27. The van der Waals surface area contributed by atoms with Crippen LogP contribution in [-0.4, -0.2) is 48.9 Å². The SMILES string of the molecule is CCN(CC)CCNC(=O)c1ccc(NC(=O)C2CCC(N)C2)cc1. The summed E-state index contributed by atoms with van der Waals surface area (Å²) in [5, 5.41) is 5.84. The molecule has 1 fully saturated rings. The van der Waals surface area contributed by atoms with Crippen molar-refractivity contribution in [2.45, 2.75) is 39.2 Å². The van der Waals surface area contributed by atoms with Gasteiger partial charge in [-0.3, -0.25) is 9.59 Å². The lowest BCUT2D eigenvalue weighted by molar-refractivity contribution is -0.119. The highest BCUT2D eigenvalue weighted by Crippen LogP contribution is 2.25. The molecule has 0 aliphatic heterocycles. The van der Waals surface area contributed by atoms with Gasteiger partial charge in [0.1, 0.15) is 0 Å². The van der Waals surface area contributed by atoms with Crippen LogP contribution in [0.1, 0.15) is 43.5 Å². The van der Waals surface area contributed by atoms with E-state index in [4.69, 9.17) is 5.73 Å².